The Morgan fingerprint density at radius 3 is 2.03 bits per heavy atom. The van der Waals surface area contributed by atoms with E-state index in [-0.39, 0.29) is 26.9 Å². The molecule has 0 unspecified atom stereocenters. The van der Waals surface area contributed by atoms with Crippen LogP contribution in [0, 0.1) is 5.82 Å². The molecule has 0 aromatic heterocycles. The normalized spacial score (nSPS) is 11.5. The van der Waals surface area contributed by atoms with Gasteiger partial charge in [0.15, 0.2) is 0 Å². The van der Waals surface area contributed by atoms with E-state index in [1.807, 2.05) is 0 Å². The van der Waals surface area contributed by atoms with Crippen molar-refractivity contribution >= 4 is 58.9 Å². The molecule has 0 bridgehead atoms. The van der Waals surface area contributed by atoms with Crippen LogP contribution in [0.2, 0.25) is 0 Å². The molecule has 12 heteroatoms. The second-order valence-electron chi connectivity index (χ2n) is 7.99. The molecular weight excluding hydrogens is 597 g/mol. The van der Waals surface area contributed by atoms with E-state index in [2.05, 4.69) is 26.0 Å². The number of nitrogens with zero attached hydrogens (tertiary/aromatic N) is 1. The first-order chi connectivity index (χ1) is 18.0. The predicted octanol–water partition coefficient (Wildman–Crippen LogP) is 5.22. The second-order valence-corrected chi connectivity index (χ2v) is 12.4. The minimum atomic E-state index is -4.08. The monoisotopic (exact) mass is 617 g/mol. The SMILES string of the molecule is O=C(CN(c1cccc(Br)c1)S(=O)(=O)c1ccccc1)Nc1ccc(S(=O)(=O)Nc2ccc(F)cc2)cc1. The summed E-state index contributed by atoms with van der Waals surface area (Å²) in [7, 11) is -8.03. The van der Waals surface area contributed by atoms with Crippen molar-refractivity contribution in [3.05, 3.63) is 113 Å². The van der Waals surface area contributed by atoms with Crippen molar-refractivity contribution < 1.29 is 26.0 Å². The molecule has 2 N–H and O–H groups in total. The van der Waals surface area contributed by atoms with Gasteiger partial charge in [0.05, 0.1) is 15.5 Å². The first kappa shape index (κ1) is 27.3. The standard InChI is InChI=1S/C26H21BrFN3O5S2/c27-19-5-4-6-23(17-19)31(38(35,36)25-7-2-1-3-8-25)18-26(32)29-21-13-15-24(16-14-21)37(33,34)30-22-11-9-20(28)10-12-22/h1-17,30H,18H2,(H,29,32). The van der Waals surface area contributed by atoms with Gasteiger partial charge >= 0.3 is 0 Å². The molecule has 8 nitrogen and oxygen atoms in total. The summed E-state index contributed by atoms with van der Waals surface area (Å²) in [4.78, 5) is 12.9. The minimum Gasteiger partial charge on any atom is -0.325 e. The fourth-order valence-electron chi connectivity index (χ4n) is 3.45. The molecule has 0 radical (unpaired) electrons. The molecule has 4 rings (SSSR count). The van der Waals surface area contributed by atoms with Crippen LogP contribution in [0.25, 0.3) is 0 Å². The Hall–Kier alpha value is -3.74. The smallest absolute Gasteiger partial charge is 0.264 e. The average Bonchev–Trinajstić information content (AvgIpc) is 2.89. The van der Waals surface area contributed by atoms with Gasteiger partial charge in [0.2, 0.25) is 5.91 Å². The Morgan fingerprint density at radius 2 is 1.39 bits per heavy atom. The van der Waals surface area contributed by atoms with Crippen molar-refractivity contribution in [1.29, 1.82) is 0 Å². The molecule has 4 aromatic rings. The zero-order chi connectivity index (χ0) is 27.3. The van der Waals surface area contributed by atoms with Crippen LogP contribution < -0.4 is 14.3 Å². The molecule has 0 heterocycles. The van der Waals surface area contributed by atoms with E-state index in [4.69, 9.17) is 0 Å². The first-order valence-electron chi connectivity index (χ1n) is 11.1. The number of benzene rings is 4. The molecule has 0 aliphatic heterocycles. The first-order valence-corrected chi connectivity index (χ1v) is 14.8. The quantitative estimate of drug-likeness (QED) is 0.267. The number of carbonyl (C=O) groups is 1. The van der Waals surface area contributed by atoms with Gasteiger partial charge in [0, 0.05) is 15.8 Å². The third kappa shape index (κ3) is 6.57. The van der Waals surface area contributed by atoms with E-state index < -0.39 is 38.3 Å². The van der Waals surface area contributed by atoms with E-state index in [0.29, 0.717) is 4.47 Å². The summed E-state index contributed by atoms with van der Waals surface area (Å²) in [5, 5.41) is 2.60. The molecule has 0 aliphatic carbocycles. The summed E-state index contributed by atoms with van der Waals surface area (Å²) in [6.07, 6.45) is 0. The maximum atomic E-state index is 13.4. The molecular formula is C26H21BrFN3O5S2. The van der Waals surface area contributed by atoms with Gasteiger partial charge < -0.3 is 5.32 Å². The summed E-state index contributed by atoms with van der Waals surface area (Å²) < 4.78 is 69.1. The number of nitrogens with one attached hydrogen (secondary N) is 2. The lowest BCUT2D eigenvalue weighted by molar-refractivity contribution is -0.114. The highest BCUT2D eigenvalue weighted by atomic mass is 79.9. The number of hydrogen-bond acceptors (Lipinski definition) is 5. The number of rotatable bonds is 9. The number of halogens is 2. The second kappa shape index (κ2) is 11.3. The van der Waals surface area contributed by atoms with Gasteiger partial charge in [-0.15, -0.1) is 0 Å². The van der Waals surface area contributed by atoms with E-state index >= 15 is 0 Å². The molecule has 0 aliphatic rings. The van der Waals surface area contributed by atoms with Gasteiger partial charge in [-0.05, 0) is 78.9 Å². The molecule has 1 amide bonds. The Kier molecular flexibility index (Phi) is 8.14. The topological polar surface area (TPSA) is 113 Å². The van der Waals surface area contributed by atoms with Gasteiger partial charge in [-0.1, -0.05) is 40.2 Å². The summed E-state index contributed by atoms with van der Waals surface area (Å²) in [6.45, 7) is -0.528. The molecule has 0 fully saturated rings. The van der Waals surface area contributed by atoms with E-state index in [9.17, 15) is 26.0 Å². The van der Waals surface area contributed by atoms with Gasteiger partial charge in [0.25, 0.3) is 20.0 Å². The van der Waals surface area contributed by atoms with Crippen molar-refractivity contribution in [2.24, 2.45) is 0 Å². The number of carbonyl (C=O) groups excluding carboxylic acids is 1. The van der Waals surface area contributed by atoms with Crippen LogP contribution in [0.3, 0.4) is 0 Å². The van der Waals surface area contributed by atoms with E-state index in [1.165, 1.54) is 48.5 Å². The van der Waals surface area contributed by atoms with Gasteiger partial charge in [0.1, 0.15) is 12.4 Å². The molecule has 38 heavy (non-hydrogen) atoms. The lowest BCUT2D eigenvalue weighted by Gasteiger charge is -2.24. The van der Waals surface area contributed by atoms with Gasteiger partial charge in [-0.25, -0.2) is 21.2 Å². The fraction of sp³-hybridized carbons (Fsp3) is 0.0385. The molecule has 0 atom stereocenters. The molecule has 0 saturated heterocycles. The molecule has 196 valence electrons. The Morgan fingerprint density at radius 1 is 0.763 bits per heavy atom. The van der Waals surface area contributed by atoms with Crippen molar-refractivity contribution in [3.63, 3.8) is 0 Å². The maximum Gasteiger partial charge on any atom is 0.264 e. The van der Waals surface area contributed by atoms with Gasteiger partial charge in [-0.3, -0.25) is 13.8 Å². The highest BCUT2D eigenvalue weighted by Gasteiger charge is 2.27. The van der Waals surface area contributed by atoms with Crippen LogP contribution in [-0.4, -0.2) is 29.3 Å². The Labute approximate surface area is 228 Å². The van der Waals surface area contributed by atoms with E-state index in [0.717, 1.165) is 16.4 Å². The summed E-state index contributed by atoms with van der Waals surface area (Å²) in [6, 6.07) is 24.5. The summed E-state index contributed by atoms with van der Waals surface area (Å²) in [5.74, 6) is -1.13. The summed E-state index contributed by atoms with van der Waals surface area (Å²) >= 11 is 3.33. The highest BCUT2D eigenvalue weighted by molar-refractivity contribution is 9.10. The van der Waals surface area contributed by atoms with Crippen molar-refractivity contribution in [1.82, 2.24) is 0 Å². The molecule has 0 saturated carbocycles. The fourth-order valence-corrected chi connectivity index (χ4v) is 6.33. The van der Waals surface area contributed by atoms with Crippen LogP contribution in [0.4, 0.5) is 21.5 Å². The lowest BCUT2D eigenvalue weighted by Crippen LogP contribution is -2.38. The zero-order valence-corrected chi connectivity index (χ0v) is 22.8. The number of hydrogen-bond donors (Lipinski definition) is 2. The molecule has 4 aromatic carbocycles. The number of anilines is 3. The predicted molar refractivity (Wildman–Crippen MR) is 147 cm³/mol. The van der Waals surface area contributed by atoms with Crippen LogP contribution in [0.1, 0.15) is 0 Å². The third-order valence-corrected chi connectivity index (χ3v) is 8.94. The largest absolute Gasteiger partial charge is 0.325 e. The lowest BCUT2D eigenvalue weighted by atomic mass is 10.3. The van der Waals surface area contributed by atoms with Crippen LogP contribution in [0.5, 0.6) is 0 Å². The van der Waals surface area contributed by atoms with Crippen LogP contribution >= 0.6 is 15.9 Å². The number of sulfonamides is 2. The highest BCUT2D eigenvalue weighted by Crippen LogP contribution is 2.26. The van der Waals surface area contributed by atoms with Crippen molar-refractivity contribution in [3.8, 4) is 0 Å². The van der Waals surface area contributed by atoms with Crippen LogP contribution in [0.15, 0.2) is 117 Å². The summed E-state index contributed by atoms with van der Waals surface area (Å²) in [5.41, 5.74) is 0.741. The number of amides is 1. The zero-order valence-electron chi connectivity index (χ0n) is 19.6. The van der Waals surface area contributed by atoms with Crippen LogP contribution in [-0.2, 0) is 24.8 Å². The van der Waals surface area contributed by atoms with E-state index in [1.54, 1.807) is 42.5 Å². The third-order valence-electron chi connectivity index (χ3n) is 5.26. The molecule has 0 spiro atoms. The Balaban J connectivity index is 1.52. The van der Waals surface area contributed by atoms with Gasteiger partial charge in [-0.2, -0.15) is 0 Å². The van der Waals surface area contributed by atoms with Crippen molar-refractivity contribution in [2.45, 2.75) is 9.79 Å². The maximum absolute atomic E-state index is 13.4. The van der Waals surface area contributed by atoms with Crippen molar-refractivity contribution in [2.75, 3.05) is 20.9 Å². The Bertz CT molecular complexity index is 1650. The average molecular weight is 619 g/mol. The minimum absolute atomic E-state index is 0.0241.